The maximum absolute atomic E-state index is 12.9. The highest BCUT2D eigenvalue weighted by Gasteiger charge is 2.43. The van der Waals surface area contributed by atoms with Gasteiger partial charge >= 0.3 is 5.97 Å². The number of aliphatic carboxylic acids is 1. The quantitative estimate of drug-likeness (QED) is 0.840. The second-order valence-corrected chi connectivity index (χ2v) is 7.46. The van der Waals surface area contributed by atoms with Crippen molar-refractivity contribution in [2.75, 3.05) is 18.0 Å². The summed E-state index contributed by atoms with van der Waals surface area (Å²) in [5, 5.41) is 9.38. The molecule has 0 bridgehead atoms. The number of benzene rings is 1. The summed E-state index contributed by atoms with van der Waals surface area (Å²) in [6.45, 7) is 5.13. The third-order valence-electron chi connectivity index (χ3n) is 5.45. The third-order valence-corrected chi connectivity index (χ3v) is 5.45. The van der Waals surface area contributed by atoms with Gasteiger partial charge in [-0.05, 0) is 49.3 Å². The van der Waals surface area contributed by atoms with Crippen LogP contribution < -0.4 is 4.90 Å². The molecule has 2 saturated heterocycles. The van der Waals surface area contributed by atoms with Gasteiger partial charge in [-0.2, -0.15) is 0 Å². The maximum Gasteiger partial charge on any atom is 0.326 e. The predicted octanol–water partition coefficient (Wildman–Crippen LogP) is 2.63. The first-order valence-corrected chi connectivity index (χ1v) is 9.34. The Kier molecular flexibility index (Phi) is 5.30. The number of nitrogens with zero attached hydrogens (tertiary/aromatic N) is 2. The second kappa shape index (κ2) is 7.48. The fourth-order valence-electron chi connectivity index (χ4n) is 3.86. The van der Waals surface area contributed by atoms with Crippen molar-refractivity contribution in [2.45, 2.75) is 51.5 Å². The highest BCUT2D eigenvalue weighted by molar-refractivity contribution is 6.10. The van der Waals surface area contributed by atoms with Gasteiger partial charge in [-0.1, -0.05) is 26.0 Å². The number of anilines is 1. The first-order valence-electron chi connectivity index (χ1n) is 9.34. The zero-order valence-corrected chi connectivity index (χ0v) is 15.4. The summed E-state index contributed by atoms with van der Waals surface area (Å²) < 4.78 is 0. The van der Waals surface area contributed by atoms with Crippen LogP contribution in [0.1, 0.15) is 51.0 Å². The number of piperidine rings is 1. The van der Waals surface area contributed by atoms with E-state index in [0.29, 0.717) is 31.8 Å². The lowest BCUT2D eigenvalue weighted by Crippen LogP contribution is -2.51. The van der Waals surface area contributed by atoms with Gasteiger partial charge in [0.05, 0.1) is 0 Å². The van der Waals surface area contributed by atoms with Gasteiger partial charge in [0, 0.05) is 18.8 Å². The lowest BCUT2D eigenvalue weighted by molar-refractivity contribution is -0.155. The van der Waals surface area contributed by atoms with E-state index < -0.39 is 17.9 Å². The monoisotopic (exact) mass is 358 g/mol. The molecule has 0 radical (unpaired) electrons. The minimum absolute atomic E-state index is 0.220. The Balaban J connectivity index is 1.73. The summed E-state index contributed by atoms with van der Waals surface area (Å²) >= 11 is 0. The Hall–Kier alpha value is -2.37. The van der Waals surface area contributed by atoms with Crippen LogP contribution in [0.5, 0.6) is 0 Å². The number of carboxylic acids is 1. The van der Waals surface area contributed by atoms with Gasteiger partial charge < -0.3 is 14.9 Å². The molecular weight excluding hydrogens is 332 g/mol. The topological polar surface area (TPSA) is 77.9 Å². The van der Waals surface area contributed by atoms with Crippen molar-refractivity contribution in [3.8, 4) is 0 Å². The maximum atomic E-state index is 12.9. The van der Waals surface area contributed by atoms with Crippen LogP contribution in [-0.4, -0.2) is 46.9 Å². The van der Waals surface area contributed by atoms with Crippen LogP contribution >= 0.6 is 0 Å². The molecule has 6 nitrogen and oxygen atoms in total. The number of carboxylic acid groups (broad SMARTS) is 1. The highest BCUT2D eigenvalue weighted by Crippen LogP contribution is 2.29. The van der Waals surface area contributed by atoms with Gasteiger partial charge in [0.25, 0.3) is 0 Å². The van der Waals surface area contributed by atoms with Gasteiger partial charge in [-0.25, -0.2) is 4.79 Å². The molecule has 6 heteroatoms. The number of carbonyl (C=O) groups is 3. The summed E-state index contributed by atoms with van der Waals surface area (Å²) in [6, 6.07) is 7.05. The molecule has 2 atom stereocenters. The summed E-state index contributed by atoms with van der Waals surface area (Å²) in [4.78, 5) is 40.2. The first kappa shape index (κ1) is 18.4. The summed E-state index contributed by atoms with van der Waals surface area (Å²) in [6.07, 6.45) is 2.49. The average molecular weight is 358 g/mol. The van der Waals surface area contributed by atoms with Gasteiger partial charge in [-0.3, -0.25) is 9.59 Å². The molecule has 3 rings (SSSR count). The van der Waals surface area contributed by atoms with E-state index in [0.717, 1.165) is 18.5 Å². The summed E-state index contributed by atoms with van der Waals surface area (Å²) in [7, 11) is 0. The lowest BCUT2D eigenvalue weighted by Gasteiger charge is -2.34. The molecule has 1 N–H and O–H groups in total. The molecule has 2 aliphatic heterocycles. The third kappa shape index (κ3) is 3.45. The number of carbonyl (C=O) groups excluding carboxylic acids is 2. The van der Waals surface area contributed by atoms with Crippen LogP contribution in [0, 0.1) is 5.92 Å². The molecule has 1 aromatic carbocycles. The van der Waals surface area contributed by atoms with E-state index in [1.54, 1.807) is 4.90 Å². The van der Waals surface area contributed by atoms with Gasteiger partial charge in [0.2, 0.25) is 11.8 Å². The standard InChI is InChI=1S/C20H26N2O4/c1-13(2)14-6-8-15(9-7-14)21-12-10-16(18(21)23)19(24)22-11-4-3-5-17(22)20(25)26/h6-9,13,16-17H,3-5,10-12H2,1-2H3,(H,25,26). The van der Waals surface area contributed by atoms with Crippen molar-refractivity contribution < 1.29 is 19.5 Å². The fraction of sp³-hybridized carbons (Fsp3) is 0.550. The van der Waals surface area contributed by atoms with E-state index in [4.69, 9.17) is 0 Å². The molecule has 2 fully saturated rings. The lowest BCUT2D eigenvalue weighted by atomic mass is 9.98. The van der Waals surface area contributed by atoms with Gasteiger partial charge in [-0.15, -0.1) is 0 Å². The Bertz CT molecular complexity index is 698. The normalized spacial score (nSPS) is 23.6. The largest absolute Gasteiger partial charge is 0.480 e. The number of amides is 2. The molecule has 26 heavy (non-hydrogen) atoms. The number of hydrogen-bond donors (Lipinski definition) is 1. The molecule has 2 unspecified atom stereocenters. The van der Waals surface area contributed by atoms with E-state index in [9.17, 15) is 19.5 Å². The van der Waals surface area contributed by atoms with Crippen LogP contribution in [0.4, 0.5) is 5.69 Å². The van der Waals surface area contributed by atoms with Crippen molar-refractivity contribution in [2.24, 2.45) is 5.92 Å². The van der Waals surface area contributed by atoms with Crippen molar-refractivity contribution in [1.29, 1.82) is 0 Å². The molecule has 1 aromatic rings. The minimum atomic E-state index is -0.982. The van der Waals surface area contributed by atoms with Crippen molar-refractivity contribution in [1.82, 2.24) is 4.90 Å². The Morgan fingerprint density at radius 2 is 1.77 bits per heavy atom. The van der Waals surface area contributed by atoms with Crippen LogP contribution in [0.25, 0.3) is 0 Å². The van der Waals surface area contributed by atoms with Gasteiger partial charge in [0.15, 0.2) is 0 Å². The Morgan fingerprint density at radius 3 is 2.38 bits per heavy atom. The molecule has 2 aliphatic rings. The fourth-order valence-corrected chi connectivity index (χ4v) is 3.86. The van der Waals surface area contributed by atoms with E-state index in [1.165, 1.54) is 10.5 Å². The number of hydrogen-bond acceptors (Lipinski definition) is 3. The van der Waals surface area contributed by atoms with Crippen molar-refractivity contribution in [3.05, 3.63) is 29.8 Å². The molecule has 0 spiro atoms. The van der Waals surface area contributed by atoms with Crippen LogP contribution in [0.3, 0.4) is 0 Å². The highest BCUT2D eigenvalue weighted by atomic mass is 16.4. The molecule has 0 saturated carbocycles. The molecule has 2 heterocycles. The summed E-state index contributed by atoms with van der Waals surface area (Å²) in [5.41, 5.74) is 1.99. The zero-order valence-electron chi connectivity index (χ0n) is 15.4. The smallest absolute Gasteiger partial charge is 0.326 e. The predicted molar refractivity (Wildman–Crippen MR) is 98.0 cm³/mol. The molecule has 0 aromatic heterocycles. The van der Waals surface area contributed by atoms with E-state index >= 15 is 0 Å². The van der Waals surface area contributed by atoms with E-state index in [1.807, 2.05) is 24.3 Å². The second-order valence-electron chi connectivity index (χ2n) is 7.46. The van der Waals surface area contributed by atoms with Crippen molar-refractivity contribution in [3.63, 3.8) is 0 Å². The molecular formula is C20H26N2O4. The first-order chi connectivity index (χ1) is 12.4. The van der Waals surface area contributed by atoms with Crippen molar-refractivity contribution >= 4 is 23.5 Å². The number of rotatable bonds is 4. The Morgan fingerprint density at radius 1 is 1.08 bits per heavy atom. The Labute approximate surface area is 153 Å². The SMILES string of the molecule is CC(C)c1ccc(N2CCC(C(=O)N3CCCCC3C(=O)O)C2=O)cc1. The van der Waals surface area contributed by atoms with Crippen LogP contribution in [0.2, 0.25) is 0 Å². The summed E-state index contributed by atoms with van der Waals surface area (Å²) in [5.74, 6) is -1.88. The number of likely N-dealkylation sites (tertiary alicyclic amines) is 1. The van der Waals surface area contributed by atoms with E-state index in [-0.39, 0.29) is 11.8 Å². The minimum Gasteiger partial charge on any atom is -0.480 e. The average Bonchev–Trinajstić information content (AvgIpc) is 3.02. The van der Waals surface area contributed by atoms with Crippen LogP contribution in [-0.2, 0) is 14.4 Å². The molecule has 140 valence electrons. The van der Waals surface area contributed by atoms with Crippen LogP contribution in [0.15, 0.2) is 24.3 Å². The zero-order chi connectivity index (χ0) is 18.8. The van der Waals surface area contributed by atoms with Gasteiger partial charge in [0.1, 0.15) is 12.0 Å². The molecule has 2 amide bonds. The molecule has 0 aliphatic carbocycles. The van der Waals surface area contributed by atoms with E-state index in [2.05, 4.69) is 13.8 Å².